The largest absolute Gasteiger partial charge is 0.383 e. The second-order valence-electron chi connectivity index (χ2n) is 4.41. The molecule has 1 heterocycles. The Hall–Kier alpha value is -1.88. The number of nitrogens with zero attached hydrogens (tertiary/aromatic N) is 2. The summed E-state index contributed by atoms with van der Waals surface area (Å²) in [4.78, 5) is 0. The molecule has 2 aromatic rings. The Kier molecular flexibility index (Phi) is 4.52. The second-order valence-corrected chi connectivity index (χ2v) is 4.41. The van der Waals surface area contributed by atoms with Crippen molar-refractivity contribution in [2.75, 3.05) is 19.0 Å². The number of ether oxygens (including phenoxy) is 1. The summed E-state index contributed by atoms with van der Waals surface area (Å²) >= 11 is 0. The van der Waals surface area contributed by atoms with Crippen molar-refractivity contribution in [3.8, 4) is 0 Å². The molecule has 0 aliphatic carbocycles. The molecule has 4 nitrogen and oxygen atoms in total. The number of rotatable bonds is 6. The van der Waals surface area contributed by atoms with E-state index in [1.54, 1.807) is 25.4 Å². The number of hydrogen-bond acceptors (Lipinski definition) is 3. The van der Waals surface area contributed by atoms with Gasteiger partial charge in [0.2, 0.25) is 0 Å². The number of methoxy groups -OCH3 is 1. The standard InChI is InChI=1S/C14H18FN3O/c1-11-3-4-13(15)7-12(11)8-16-14-9-17-18(10-14)5-6-19-2/h3-4,7,9-10,16H,5-6,8H2,1-2H3. The molecular formula is C14H18FN3O. The maximum absolute atomic E-state index is 13.2. The number of benzene rings is 1. The van der Waals surface area contributed by atoms with E-state index in [1.807, 2.05) is 17.8 Å². The minimum atomic E-state index is -0.210. The quantitative estimate of drug-likeness (QED) is 0.870. The molecule has 0 saturated heterocycles. The zero-order chi connectivity index (χ0) is 13.7. The van der Waals surface area contributed by atoms with Crippen molar-refractivity contribution < 1.29 is 9.13 Å². The zero-order valence-electron chi connectivity index (χ0n) is 11.2. The van der Waals surface area contributed by atoms with E-state index in [1.165, 1.54) is 6.07 Å². The lowest BCUT2D eigenvalue weighted by Crippen LogP contribution is -2.04. The van der Waals surface area contributed by atoms with Crippen molar-refractivity contribution >= 4 is 5.69 Å². The van der Waals surface area contributed by atoms with Crippen LogP contribution in [0, 0.1) is 12.7 Å². The fraction of sp³-hybridized carbons (Fsp3) is 0.357. The molecule has 0 unspecified atom stereocenters. The van der Waals surface area contributed by atoms with Crippen LogP contribution in [-0.2, 0) is 17.8 Å². The number of aromatic nitrogens is 2. The van der Waals surface area contributed by atoms with Gasteiger partial charge in [0.1, 0.15) is 5.82 Å². The van der Waals surface area contributed by atoms with Gasteiger partial charge in [0, 0.05) is 19.9 Å². The van der Waals surface area contributed by atoms with E-state index in [-0.39, 0.29) is 5.82 Å². The molecule has 1 aromatic heterocycles. The highest BCUT2D eigenvalue weighted by atomic mass is 19.1. The zero-order valence-corrected chi connectivity index (χ0v) is 11.2. The first-order valence-corrected chi connectivity index (χ1v) is 6.19. The van der Waals surface area contributed by atoms with E-state index in [2.05, 4.69) is 10.4 Å². The smallest absolute Gasteiger partial charge is 0.123 e. The molecule has 0 amide bonds. The monoisotopic (exact) mass is 263 g/mol. The minimum Gasteiger partial charge on any atom is -0.383 e. The third-order valence-corrected chi connectivity index (χ3v) is 2.95. The summed E-state index contributed by atoms with van der Waals surface area (Å²) in [6.45, 7) is 3.90. The van der Waals surface area contributed by atoms with Crippen LogP contribution < -0.4 is 5.32 Å². The van der Waals surface area contributed by atoms with Gasteiger partial charge >= 0.3 is 0 Å². The molecule has 19 heavy (non-hydrogen) atoms. The lowest BCUT2D eigenvalue weighted by Gasteiger charge is -2.07. The van der Waals surface area contributed by atoms with E-state index >= 15 is 0 Å². The summed E-state index contributed by atoms with van der Waals surface area (Å²) in [6, 6.07) is 4.81. The minimum absolute atomic E-state index is 0.210. The maximum Gasteiger partial charge on any atom is 0.123 e. The van der Waals surface area contributed by atoms with Gasteiger partial charge in [0.25, 0.3) is 0 Å². The predicted molar refractivity (Wildman–Crippen MR) is 72.6 cm³/mol. The second kappa shape index (κ2) is 6.33. The SMILES string of the molecule is COCCn1cc(NCc2cc(F)ccc2C)cn1. The average molecular weight is 263 g/mol. The van der Waals surface area contributed by atoms with Gasteiger partial charge in [-0.3, -0.25) is 4.68 Å². The Morgan fingerprint density at radius 2 is 2.26 bits per heavy atom. The van der Waals surface area contributed by atoms with Gasteiger partial charge in [-0.05, 0) is 30.2 Å². The summed E-state index contributed by atoms with van der Waals surface area (Å²) < 4.78 is 20.0. The lowest BCUT2D eigenvalue weighted by molar-refractivity contribution is 0.183. The van der Waals surface area contributed by atoms with Gasteiger partial charge in [-0.15, -0.1) is 0 Å². The number of halogens is 1. The number of aryl methyl sites for hydroxylation is 1. The highest BCUT2D eigenvalue weighted by Gasteiger charge is 2.02. The summed E-state index contributed by atoms with van der Waals surface area (Å²) in [5.74, 6) is -0.210. The Labute approximate surface area is 112 Å². The van der Waals surface area contributed by atoms with E-state index in [4.69, 9.17) is 4.74 Å². The van der Waals surface area contributed by atoms with Crippen molar-refractivity contribution in [2.24, 2.45) is 0 Å². The summed E-state index contributed by atoms with van der Waals surface area (Å²) in [6.07, 6.45) is 3.66. The van der Waals surface area contributed by atoms with Gasteiger partial charge in [0.15, 0.2) is 0 Å². The van der Waals surface area contributed by atoms with Gasteiger partial charge in [0.05, 0.1) is 25.0 Å². The summed E-state index contributed by atoms with van der Waals surface area (Å²) in [5.41, 5.74) is 2.94. The van der Waals surface area contributed by atoms with Gasteiger partial charge < -0.3 is 10.1 Å². The molecule has 0 aliphatic heterocycles. The molecule has 0 atom stereocenters. The molecule has 0 spiro atoms. The summed E-state index contributed by atoms with van der Waals surface area (Å²) in [7, 11) is 1.66. The van der Waals surface area contributed by atoms with Crippen LogP contribution in [0.2, 0.25) is 0 Å². The van der Waals surface area contributed by atoms with Crippen molar-refractivity contribution in [2.45, 2.75) is 20.0 Å². The Morgan fingerprint density at radius 3 is 3.05 bits per heavy atom. The van der Waals surface area contributed by atoms with E-state index in [9.17, 15) is 4.39 Å². The Balaban J connectivity index is 1.94. The maximum atomic E-state index is 13.2. The molecule has 102 valence electrons. The fourth-order valence-corrected chi connectivity index (χ4v) is 1.79. The van der Waals surface area contributed by atoms with Crippen LogP contribution in [0.5, 0.6) is 0 Å². The number of nitrogens with one attached hydrogen (secondary N) is 1. The number of hydrogen-bond donors (Lipinski definition) is 1. The normalized spacial score (nSPS) is 10.7. The summed E-state index contributed by atoms with van der Waals surface area (Å²) in [5, 5.41) is 7.44. The molecule has 0 bridgehead atoms. The third-order valence-electron chi connectivity index (χ3n) is 2.95. The van der Waals surface area contributed by atoms with Crippen LogP contribution in [-0.4, -0.2) is 23.5 Å². The molecule has 0 radical (unpaired) electrons. The molecule has 0 fully saturated rings. The predicted octanol–water partition coefficient (Wildman–Crippen LogP) is 2.59. The van der Waals surface area contributed by atoms with Crippen molar-refractivity contribution in [3.63, 3.8) is 0 Å². The molecule has 0 aliphatic rings. The topological polar surface area (TPSA) is 39.1 Å². The Bertz CT molecular complexity index is 539. The number of anilines is 1. The van der Waals surface area contributed by atoms with Crippen molar-refractivity contribution in [1.29, 1.82) is 0 Å². The molecule has 1 N–H and O–H groups in total. The van der Waals surface area contributed by atoms with Crippen LogP contribution >= 0.6 is 0 Å². The highest BCUT2D eigenvalue weighted by Crippen LogP contribution is 2.13. The molecule has 0 saturated carbocycles. The van der Waals surface area contributed by atoms with Gasteiger partial charge in [-0.1, -0.05) is 6.07 Å². The lowest BCUT2D eigenvalue weighted by atomic mass is 10.1. The molecular weight excluding hydrogens is 245 g/mol. The van der Waals surface area contributed by atoms with Crippen molar-refractivity contribution in [1.82, 2.24) is 9.78 Å². The van der Waals surface area contributed by atoms with Crippen LogP contribution in [0.1, 0.15) is 11.1 Å². The first-order chi connectivity index (χ1) is 9.19. The molecule has 5 heteroatoms. The average Bonchev–Trinajstić information content (AvgIpc) is 2.85. The molecule has 1 aromatic carbocycles. The first-order valence-electron chi connectivity index (χ1n) is 6.19. The van der Waals surface area contributed by atoms with Crippen LogP contribution in [0.4, 0.5) is 10.1 Å². The Morgan fingerprint density at radius 1 is 1.42 bits per heavy atom. The molecule has 2 rings (SSSR count). The van der Waals surface area contributed by atoms with Crippen LogP contribution in [0.3, 0.4) is 0 Å². The van der Waals surface area contributed by atoms with E-state index < -0.39 is 0 Å². The fourth-order valence-electron chi connectivity index (χ4n) is 1.79. The van der Waals surface area contributed by atoms with Crippen LogP contribution in [0.15, 0.2) is 30.6 Å². The first kappa shape index (κ1) is 13.5. The van der Waals surface area contributed by atoms with Gasteiger partial charge in [-0.25, -0.2) is 4.39 Å². The van der Waals surface area contributed by atoms with Gasteiger partial charge in [-0.2, -0.15) is 5.10 Å². The van der Waals surface area contributed by atoms with Crippen molar-refractivity contribution in [3.05, 3.63) is 47.5 Å². The third kappa shape index (κ3) is 3.79. The van der Waals surface area contributed by atoms with Crippen LogP contribution in [0.25, 0.3) is 0 Å². The highest BCUT2D eigenvalue weighted by molar-refractivity contribution is 5.40. The van der Waals surface area contributed by atoms with E-state index in [0.717, 1.165) is 23.4 Å². The van der Waals surface area contributed by atoms with E-state index in [0.29, 0.717) is 13.2 Å².